The van der Waals surface area contributed by atoms with Gasteiger partial charge in [0.15, 0.2) is 5.75 Å². The van der Waals surface area contributed by atoms with Crippen molar-refractivity contribution in [2.75, 3.05) is 6.61 Å². The van der Waals surface area contributed by atoms with Crippen molar-refractivity contribution in [2.45, 2.75) is 12.7 Å². The van der Waals surface area contributed by atoms with Gasteiger partial charge in [0.1, 0.15) is 5.75 Å². The highest BCUT2D eigenvalue weighted by Gasteiger charge is 2.30. The number of nitrogens with zero attached hydrogens (tertiary/aromatic N) is 2. The van der Waals surface area contributed by atoms with Crippen LogP contribution in [-0.2, 0) is 12.7 Å². The van der Waals surface area contributed by atoms with Crippen LogP contribution in [0, 0.1) is 0 Å². The molecule has 0 amide bonds. The van der Waals surface area contributed by atoms with E-state index in [0.717, 1.165) is 12.1 Å². The van der Waals surface area contributed by atoms with Gasteiger partial charge in [-0.15, -0.1) is 0 Å². The Morgan fingerprint density at radius 1 is 1.16 bits per heavy atom. The highest BCUT2D eigenvalue weighted by atomic mass is 19.4. The van der Waals surface area contributed by atoms with Crippen molar-refractivity contribution < 1.29 is 23.0 Å². The molecular weight excluding hydrogens is 261 g/mol. The molecule has 102 valence electrons. The van der Waals surface area contributed by atoms with Crippen LogP contribution in [0.4, 0.5) is 13.2 Å². The fourth-order valence-corrected chi connectivity index (χ4v) is 1.47. The van der Waals surface area contributed by atoms with Crippen molar-refractivity contribution in [1.82, 2.24) is 9.78 Å². The Morgan fingerprint density at radius 3 is 2.42 bits per heavy atom. The number of aliphatic hydroxyl groups excluding tert-OH is 1. The number of hydrogen-bond acceptors (Lipinski definition) is 3. The minimum Gasteiger partial charge on any atom is -0.454 e. The maximum absolute atomic E-state index is 12.4. The largest absolute Gasteiger partial charge is 0.454 e. The molecule has 1 N–H and O–H groups in total. The van der Waals surface area contributed by atoms with Crippen LogP contribution in [0.1, 0.15) is 5.56 Å². The van der Waals surface area contributed by atoms with E-state index in [1.54, 1.807) is 6.20 Å². The maximum Gasteiger partial charge on any atom is 0.416 e. The summed E-state index contributed by atoms with van der Waals surface area (Å²) >= 11 is 0. The van der Waals surface area contributed by atoms with E-state index in [2.05, 4.69) is 5.10 Å². The summed E-state index contributed by atoms with van der Waals surface area (Å²) in [6.07, 6.45) is -1.38. The topological polar surface area (TPSA) is 47.3 Å². The van der Waals surface area contributed by atoms with Crippen LogP contribution in [0.2, 0.25) is 0 Å². The molecule has 2 aromatic rings. The van der Waals surface area contributed by atoms with Crippen molar-refractivity contribution in [3.05, 3.63) is 42.2 Å². The van der Waals surface area contributed by atoms with E-state index in [9.17, 15) is 13.2 Å². The summed E-state index contributed by atoms with van der Waals surface area (Å²) in [5.74, 6) is 0.685. The molecule has 0 bridgehead atoms. The molecule has 0 atom stereocenters. The third-order valence-corrected chi connectivity index (χ3v) is 2.36. The second kappa shape index (κ2) is 5.31. The van der Waals surface area contributed by atoms with E-state index in [4.69, 9.17) is 9.84 Å². The van der Waals surface area contributed by atoms with Gasteiger partial charge in [0, 0.05) is 0 Å². The first-order chi connectivity index (χ1) is 8.99. The van der Waals surface area contributed by atoms with Crippen molar-refractivity contribution in [1.29, 1.82) is 0 Å². The minimum atomic E-state index is -4.36. The summed E-state index contributed by atoms with van der Waals surface area (Å²) in [7, 11) is 0. The molecule has 0 aliphatic rings. The Hall–Kier alpha value is -2.02. The molecule has 0 aliphatic carbocycles. The Bertz CT molecular complexity index is 535. The highest BCUT2D eigenvalue weighted by molar-refractivity contribution is 5.32. The molecule has 0 fully saturated rings. The van der Waals surface area contributed by atoms with Crippen LogP contribution in [0.5, 0.6) is 11.5 Å². The Balaban J connectivity index is 2.06. The molecule has 0 radical (unpaired) electrons. The Morgan fingerprint density at radius 2 is 1.84 bits per heavy atom. The molecule has 2 rings (SSSR count). The zero-order valence-corrected chi connectivity index (χ0v) is 9.76. The molecule has 0 unspecified atom stereocenters. The number of ether oxygens (including phenoxy) is 1. The van der Waals surface area contributed by atoms with Gasteiger partial charge in [-0.25, -0.2) is 0 Å². The molecule has 1 heterocycles. The average molecular weight is 272 g/mol. The molecule has 4 nitrogen and oxygen atoms in total. The second-order valence-electron chi connectivity index (χ2n) is 3.79. The van der Waals surface area contributed by atoms with Gasteiger partial charge in [0.05, 0.1) is 31.1 Å². The lowest BCUT2D eigenvalue weighted by atomic mass is 10.2. The first-order valence-corrected chi connectivity index (χ1v) is 5.47. The van der Waals surface area contributed by atoms with E-state index in [0.29, 0.717) is 12.3 Å². The van der Waals surface area contributed by atoms with Crippen molar-refractivity contribution in [2.24, 2.45) is 0 Å². The molecule has 0 saturated carbocycles. The zero-order chi connectivity index (χ0) is 13.9. The van der Waals surface area contributed by atoms with Crippen molar-refractivity contribution in [3.8, 4) is 11.5 Å². The quantitative estimate of drug-likeness (QED) is 0.930. The summed E-state index contributed by atoms with van der Waals surface area (Å²) in [6.45, 7) is 0.276. The van der Waals surface area contributed by atoms with Gasteiger partial charge >= 0.3 is 6.18 Å². The SMILES string of the molecule is OCCn1cc(Oc2ccc(C(F)(F)F)cc2)cn1. The maximum atomic E-state index is 12.4. The van der Waals surface area contributed by atoms with E-state index >= 15 is 0 Å². The average Bonchev–Trinajstić information content (AvgIpc) is 2.77. The van der Waals surface area contributed by atoms with Gasteiger partial charge in [0.2, 0.25) is 0 Å². The van der Waals surface area contributed by atoms with Crippen LogP contribution < -0.4 is 4.74 Å². The smallest absolute Gasteiger partial charge is 0.416 e. The van der Waals surface area contributed by atoms with Crippen LogP contribution >= 0.6 is 0 Å². The van der Waals surface area contributed by atoms with E-state index in [-0.39, 0.29) is 12.4 Å². The van der Waals surface area contributed by atoms with Gasteiger partial charge in [-0.3, -0.25) is 4.68 Å². The molecular formula is C12H11F3N2O2. The van der Waals surface area contributed by atoms with Gasteiger partial charge in [-0.1, -0.05) is 0 Å². The molecule has 7 heteroatoms. The zero-order valence-electron chi connectivity index (χ0n) is 9.76. The minimum absolute atomic E-state index is 0.0542. The number of aliphatic hydroxyl groups is 1. The number of aromatic nitrogens is 2. The normalized spacial score (nSPS) is 11.6. The van der Waals surface area contributed by atoms with Crippen molar-refractivity contribution in [3.63, 3.8) is 0 Å². The van der Waals surface area contributed by atoms with E-state index in [1.165, 1.54) is 23.0 Å². The molecule has 1 aromatic heterocycles. The first kappa shape index (κ1) is 13.4. The third kappa shape index (κ3) is 3.47. The summed E-state index contributed by atoms with van der Waals surface area (Å²) in [5.41, 5.74) is -0.726. The first-order valence-electron chi connectivity index (χ1n) is 5.47. The third-order valence-electron chi connectivity index (χ3n) is 2.36. The number of alkyl halides is 3. The molecule has 0 spiro atoms. The van der Waals surface area contributed by atoms with Gasteiger partial charge in [-0.2, -0.15) is 18.3 Å². The Kier molecular flexibility index (Phi) is 3.75. The highest BCUT2D eigenvalue weighted by Crippen LogP contribution is 2.31. The van der Waals surface area contributed by atoms with Crippen LogP contribution in [0.15, 0.2) is 36.7 Å². The lowest BCUT2D eigenvalue weighted by molar-refractivity contribution is -0.137. The molecule has 1 aromatic carbocycles. The van der Waals surface area contributed by atoms with E-state index in [1.807, 2.05) is 0 Å². The van der Waals surface area contributed by atoms with Crippen molar-refractivity contribution >= 4 is 0 Å². The summed E-state index contributed by atoms with van der Waals surface area (Å²) in [6, 6.07) is 4.39. The standard InChI is InChI=1S/C12H11F3N2O2/c13-12(14,15)9-1-3-10(4-2-9)19-11-7-16-17(8-11)5-6-18/h1-4,7-8,18H,5-6H2. The lowest BCUT2D eigenvalue weighted by Gasteiger charge is -2.07. The Labute approximate surface area is 107 Å². The fraction of sp³-hybridized carbons (Fsp3) is 0.250. The molecule has 0 saturated heterocycles. The number of halogens is 3. The van der Waals surface area contributed by atoms with Crippen LogP contribution in [0.25, 0.3) is 0 Å². The van der Waals surface area contributed by atoms with Gasteiger partial charge in [0.25, 0.3) is 0 Å². The predicted molar refractivity (Wildman–Crippen MR) is 60.8 cm³/mol. The van der Waals surface area contributed by atoms with E-state index < -0.39 is 11.7 Å². The number of rotatable bonds is 4. The number of hydrogen-bond donors (Lipinski definition) is 1. The summed E-state index contributed by atoms with van der Waals surface area (Å²) in [5, 5.41) is 12.6. The van der Waals surface area contributed by atoms with Crippen LogP contribution in [0.3, 0.4) is 0 Å². The summed E-state index contributed by atoms with van der Waals surface area (Å²) in [4.78, 5) is 0. The second-order valence-corrected chi connectivity index (χ2v) is 3.79. The summed E-state index contributed by atoms with van der Waals surface area (Å²) < 4.78 is 43.9. The van der Waals surface area contributed by atoms with Gasteiger partial charge < -0.3 is 9.84 Å². The molecule has 0 aliphatic heterocycles. The molecule has 19 heavy (non-hydrogen) atoms. The fourth-order valence-electron chi connectivity index (χ4n) is 1.47. The predicted octanol–water partition coefficient (Wildman–Crippen LogP) is 2.69. The lowest BCUT2D eigenvalue weighted by Crippen LogP contribution is -2.03. The van der Waals surface area contributed by atoms with Crippen LogP contribution in [-0.4, -0.2) is 21.5 Å². The monoisotopic (exact) mass is 272 g/mol. The van der Waals surface area contributed by atoms with Gasteiger partial charge in [-0.05, 0) is 24.3 Å². The number of benzene rings is 1.